The van der Waals surface area contributed by atoms with E-state index in [1.807, 2.05) is 0 Å². The molecule has 21 heavy (non-hydrogen) atoms. The molecule has 1 aromatic rings. The second-order valence-electron chi connectivity index (χ2n) is 4.06. The average Bonchev–Trinajstić information content (AvgIpc) is 2.34. The SMILES string of the molecule is CC(=O)C(Br)c1ccc(C(O)C(=O)O)c(OC(F)(F)F)c1. The number of rotatable bonds is 5. The zero-order valence-electron chi connectivity index (χ0n) is 10.5. The Kier molecular flexibility index (Phi) is 5.35. The van der Waals surface area contributed by atoms with E-state index in [0.29, 0.717) is 0 Å². The Labute approximate surface area is 125 Å². The van der Waals surface area contributed by atoms with Crippen LogP contribution in [0.3, 0.4) is 0 Å². The number of alkyl halides is 4. The monoisotopic (exact) mass is 370 g/mol. The summed E-state index contributed by atoms with van der Waals surface area (Å²) in [5.74, 6) is -2.96. The Bertz CT molecular complexity index is 558. The second-order valence-corrected chi connectivity index (χ2v) is 4.97. The Morgan fingerprint density at radius 3 is 2.33 bits per heavy atom. The van der Waals surface area contributed by atoms with E-state index in [1.54, 1.807) is 0 Å². The number of ketones is 1. The van der Waals surface area contributed by atoms with Gasteiger partial charge in [0.15, 0.2) is 6.10 Å². The maximum Gasteiger partial charge on any atom is 0.573 e. The first-order chi connectivity index (χ1) is 9.53. The Hall–Kier alpha value is -1.61. The van der Waals surface area contributed by atoms with Gasteiger partial charge in [-0.05, 0) is 18.6 Å². The molecule has 1 rings (SSSR count). The molecule has 0 saturated carbocycles. The third-order valence-corrected chi connectivity index (χ3v) is 3.61. The molecule has 9 heteroatoms. The summed E-state index contributed by atoms with van der Waals surface area (Å²) >= 11 is 2.99. The minimum atomic E-state index is -5.07. The van der Waals surface area contributed by atoms with Crippen molar-refractivity contribution in [2.24, 2.45) is 0 Å². The summed E-state index contributed by atoms with van der Waals surface area (Å²) in [5.41, 5.74) is -0.421. The molecule has 0 aromatic heterocycles. The predicted octanol–water partition coefficient (Wildman–Crippen LogP) is 2.73. The number of aliphatic carboxylic acids is 1. The number of hydrogen-bond acceptors (Lipinski definition) is 4. The summed E-state index contributed by atoms with van der Waals surface area (Å²) < 4.78 is 40.8. The summed E-state index contributed by atoms with van der Waals surface area (Å²) in [6.45, 7) is 1.23. The molecule has 0 saturated heterocycles. The van der Waals surface area contributed by atoms with Crippen LogP contribution in [-0.2, 0) is 9.59 Å². The molecule has 116 valence electrons. The molecule has 0 amide bonds. The molecule has 2 unspecified atom stereocenters. The van der Waals surface area contributed by atoms with Gasteiger partial charge in [-0.3, -0.25) is 4.79 Å². The fourth-order valence-corrected chi connectivity index (χ4v) is 1.80. The van der Waals surface area contributed by atoms with Crippen molar-refractivity contribution >= 4 is 27.7 Å². The van der Waals surface area contributed by atoms with Crippen LogP contribution >= 0.6 is 15.9 Å². The molecule has 5 nitrogen and oxygen atoms in total. The topological polar surface area (TPSA) is 83.8 Å². The number of carboxylic acid groups (broad SMARTS) is 1. The van der Waals surface area contributed by atoms with Crippen molar-refractivity contribution < 1.29 is 37.7 Å². The Balaban J connectivity index is 3.32. The Morgan fingerprint density at radius 1 is 1.33 bits per heavy atom. The van der Waals surface area contributed by atoms with E-state index >= 15 is 0 Å². The van der Waals surface area contributed by atoms with E-state index in [1.165, 1.54) is 13.0 Å². The summed E-state index contributed by atoms with van der Waals surface area (Å²) in [6.07, 6.45) is -7.24. The molecule has 0 radical (unpaired) electrons. The number of hydrogen-bond donors (Lipinski definition) is 2. The summed E-state index contributed by atoms with van der Waals surface area (Å²) in [7, 11) is 0. The highest BCUT2D eigenvalue weighted by molar-refractivity contribution is 9.09. The van der Waals surface area contributed by atoms with Gasteiger partial charge in [0, 0.05) is 5.56 Å². The van der Waals surface area contributed by atoms with Crippen LogP contribution in [0.5, 0.6) is 5.75 Å². The molecular weight excluding hydrogens is 361 g/mol. The minimum Gasteiger partial charge on any atom is -0.479 e. The van der Waals surface area contributed by atoms with Crippen molar-refractivity contribution in [1.29, 1.82) is 0 Å². The van der Waals surface area contributed by atoms with Crippen LogP contribution in [0.4, 0.5) is 13.2 Å². The van der Waals surface area contributed by atoms with Crippen molar-refractivity contribution in [3.63, 3.8) is 0 Å². The molecule has 0 bridgehead atoms. The summed E-state index contributed by atoms with van der Waals surface area (Å²) in [5, 5.41) is 18.1. The van der Waals surface area contributed by atoms with Gasteiger partial charge in [-0.2, -0.15) is 0 Å². The fraction of sp³-hybridized carbons (Fsp3) is 0.333. The van der Waals surface area contributed by atoms with Crippen LogP contribution in [0.1, 0.15) is 29.0 Å². The number of benzene rings is 1. The number of aliphatic hydroxyl groups excluding tert-OH is 1. The van der Waals surface area contributed by atoms with Crippen molar-refractivity contribution in [2.75, 3.05) is 0 Å². The Morgan fingerprint density at radius 2 is 1.90 bits per heavy atom. The first kappa shape index (κ1) is 17.4. The van der Waals surface area contributed by atoms with Crippen molar-refractivity contribution in [1.82, 2.24) is 0 Å². The van der Waals surface area contributed by atoms with E-state index in [0.717, 1.165) is 12.1 Å². The van der Waals surface area contributed by atoms with E-state index in [4.69, 9.17) is 5.11 Å². The van der Waals surface area contributed by atoms with Crippen LogP contribution in [0.25, 0.3) is 0 Å². The smallest absolute Gasteiger partial charge is 0.479 e. The lowest BCUT2D eigenvalue weighted by atomic mass is 10.0. The van der Waals surface area contributed by atoms with Crippen molar-refractivity contribution in [2.45, 2.75) is 24.2 Å². The van der Waals surface area contributed by atoms with Crippen LogP contribution in [-0.4, -0.2) is 28.3 Å². The zero-order chi connectivity index (χ0) is 16.4. The number of carboxylic acids is 1. The maximum absolute atomic E-state index is 12.3. The molecule has 1 aromatic carbocycles. The normalized spacial score (nSPS) is 14.4. The second kappa shape index (κ2) is 6.44. The van der Waals surface area contributed by atoms with Gasteiger partial charge in [-0.15, -0.1) is 13.2 Å². The largest absolute Gasteiger partial charge is 0.573 e. The third-order valence-electron chi connectivity index (χ3n) is 2.44. The van der Waals surface area contributed by atoms with E-state index < -0.39 is 34.6 Å². The number of carbonyl (C=O) groups excluding carboxylic acids is 1. The average molecular weight is 371 g/mol. The van der Waals surface area contributed by atoms with E-state index in [9.17, 15) is 27.9 Å². The number of aliphatic hydroxyl groups is 1. The lowest BCUT2D eigenvalue weighted by Gasteiger charge is -2.17. The number of carbonyl (C=O) groups is 2. The lowest BCUT2D eigenvalue weighted by Crippen LogP contribution is -2.20. The summed E-state index contributed by atoms with van der Waals surface area (Å²) in [4.78, 5) is 21.0. The number of ether oxygens (including phenoxy) is 1. The van der Waals surface area contributed by atoms with Gasteiger partial charge in [0.2, 0.25) is 0 Å². The van der Waals surface area contributed by atoms with Crippen molar-refractivity contribution in [3.8, 4) is 5.75 Å². The molecule has 0 aliphatic rings. The number of Topliss-reactive ketones (excluding diaryl/α,β-unsaturated/α-hetero) is 1. The fourth-order valence-electron chi connectivity index (χ4n) is 1.52. The lowest BCUT2D eigenvalue weighted by molar-refractivity contribution is -0.275. The molecule has 2 atom stereocenters. The number of halogens is 4. The first-order valence-electron chi connectivity index (χ1n) is 5.48. The van der Waals surface area contributed by atoms with Gasteiger partial charge in [-0.1, -0.05) is 28.1 Å². The van der Waals surface area contributed by atoms with Gasteiger partial charge in [0.05, 0.1) is 4.83 Å². The molecule has 0 aliphatic carbocycles. The summed E-state index contributed by atoms with van der Waals surface area (Å²) in [6, 6.07) is 3.05. The van der Waals surface area contributed by atoms with Gasteiger partial charge in [0.1, 0.15) is 11.5 Å². The first-order valence-corrected chi connectivity index (χ1v) is 6.39. The molecule has 0 fully saturated rings. The van der Waals surface area contributed by atoms with E-state index in [2.05, 4.69) is 20.7 Å². The molecule has 2 N–H and O–H groups in total. The molecule has 0 heterocycles. The quantitative estimate of drug-likeness (QED) is 0.778. The maximum atomic E-state index is 12.3. The highest BCUT2D eigenvalue weighted by atomic mass is 79.9. The van der Waals surface area contributed by atoms with Gasteiger partial charge in [0.25, 0.3) is 0 Å². The molecular formula is C12H10BrF3O5. The zero-order valence-corrected chi connectivity index (χ0v) is 12.1. The standard InChI is InChI=1S/C12H10BrF3O5/c1-5(17)9(13)6-2-3-7(10(18)11(19)20)8(4-6)21-12(14,15)16/h2-4,9-10,18H,1H3,(H,19,20). The predicted molar refractivity (Wildman–Crippen MR) is 68.1 cm³/mol. The van der Waals surface area contributed by atoms with Crippen LogP contribution in [0.15, 0.2) is 18.2 Å². The van der Waals surface area contributed by atoms with Crippen LogP contribution in [0, 0.1) is 0 Å². The van der Waals surface area contributed by atoms with Gasteiger partial charge in [-0.25, -0.2) is 4.79 Å². The van der Waals surface area contributed by atoms with Gasteiger partial charge >= 0.3 is 12.3 Å². The van der Waals surface area contributed by atoms with Gasteiger partial charge < -0.3 is 14.9 Å². The van der Waals surface area contributed by atoms with Crippen LogP contribution in [0.2, 0.25) is 0 Å². The minimum absolute atomic E-state index is 0.142. The van der Waals surface area contributed by atoms with Crippen LogP contribution < -0.4 is 4.74 Å². The highest BCUT2D eigenvalue weighted by Gasteiger charge is 2.34. The highest BCUT2D eigenvalue weighted by Crippen LogP contribution is 2.35. The third kappa shape index (κ3) is 4.71. The van der Waals surface area contributed by atoms with E-state index in [-0.39, 0.29) is 11.3 Å². The molecule has 0 aliphatic heterocycles. The van der Waals surface area contributed by atoms with Crippen molar-refractivity contribution in [3.05, 3.63) is 29.3 Å². The molecule has 0 spiro atoms.